The van der Waals surface area contributed by atoms with E-state index < -0.39 is 0 Å². The standard InChI is InChI=1S/C12H18BrN3O2/c1-14-11-10(7-9(13)8-15-11)12(17)16(2)5-4-6-18-3/h7-8H,4-6H2,1-3H3,(H,14,15). The van der Waals surface area contributed by atoms with Gasteiger partial charge in [-0.2, -0.15) is 0 Å². The smallest absolute Gasteiger partial charge is 0.257 e. The highest BCUT2D eigenvalue weighted by atomic mass is 79.9. The summed E-state index contributed by atoms with van der Waals surface area (Å²) in [5.41, 5.74) is 0.562. The second kappa shape index (κ2) is 7.33. The average Bonchev–Trinajstić information content (AvgIpc) is 2.38. The van der Waals surface area contributed by atoms with Crippen molar-refractivity contribution in [3.63, 3.8) is 0 Å². The van der Waals surface area contributed by atoms with Gasteiger partial charge in [0, 0.05) is 45.0 Å². The highest BCUT2D eigenvalue weighted by Gasteiger charge is 2.16. The molecule has 0 aromatic carbocycles. The van der Waals surface area contributed by atoms with Crippen molar-refractivity contribution in [3.8, 4) is 0 Å². The fraction of sp³-hybridized carbons (Fsp3) is 0.500. The molecule has 0 radical (unpaired) electrons. The molecule has 0 saturated carbocycles. The van der Waals surface area contributed by atoms with E-state index in [1.807, 2.05) is 0 Å². The molecule has 0 atom stereocenters. The van der Waals surface area contributed by atoms with Gasteiger partial charge in [-0.25, -0.2) is 4.98 Å². The number of amides is 1. The van der Waals surface area contributed by atoms with E-state index >= 15 is 0 Å². The summed E-state index contributed by atoms with van der Waals surface area (Å²) in [6.07, 6.45) is 2.47. The molecule has 1 amide bonds. The van der Waals surface area contributed by atoms with Crippen LogP contribution < -0.4 is 5.32 Å². The molecule has 5 nitrogen and oxygen atoms in total. The summed E-state index contributed by atoms with van der Waals surface area (Å²) >= 11 is 3.33. The third-order valence-electron chi connectivity index (χ3n) is 2.51. The van der Waals surface area contributed by atoms with Crippen LogP contribution in [0.25, 0.3) is 0 Å². The molecular formula is C12H18BrN3O2. The summed E-state index contributed by atoms with van der Waals surface area (Å²) in [5, 5.41) is 2.92. The molecule has 1 heterocycles. The molecule has 6 heteroatoms. The van der Waals surface area contributed by atoms with Crippen LogP contribution in [-0.4, -0.2) is 50.1 Å². The van der Waals surface area contributed by atoms with Gasteiger partial charge in [0.25, 0.3) is 5.91 Å². The fourth-order valence-corrected chi connectivity index (χ4v) is 1.89. The van der Waals surface area contributed by atoms with Crippen molar-refractivity contribution in [3.05, 3.63) is 22.3 Å². The molecule has 0 bridgehead atoms. The normalized spacial score (nSPS) is 10.2. The molecule has 0 saturated heterocycles. The Morgan fingerprint density at radius 1 is 1.61 bits per heavy atom. The lowest BCUT2D eigenvalue weighted by Crippen LogP contribution is -2.29. The second-order valence-electron chi connectivity index (χ2n) is 3.87. The third kappa shape index (κ3) is 3.96. The molecule has 1 aromatic rings. The Morgan fingerprint density at radius 3 is 2.94 bits per heavy atom. The fourth-order valence-electron chi connectivity index (χ4n) is 1.55. The Labute approximate surface area is 116 Å². The maximum Gasteiger partial charge on any atom is 0.257 e. The molecule has 1 N–H and O–H groups in total. The van der Waals surface area contributed by atoms with E-state index in [4.69, 9.17) is 4.74 Å². The van der Waals surface area contributed by atoms with E-state index in [0.29, 0.717) is 24.5 Å². The van der Waals surface area contributed by atoms with Gasteiger partial charge in [0.2, 0.25) is 0 Å². The molecule has 0 aliphatic heterocycles. The maximum absolute atomic E-state index is 12.3. The number of pyridine rings is 1. The largest absolute Gasteiger partial charge is 0.385 e. The van der Waals surface area contributed by atoms with Gasteiger partial charge in [0.15, 0.2) is 0 Å². The molecule has 0 aliphatic rings. The van der Waals surface area contributed by atoms with Crippen LogP contribution in [0.3, 0.4) is 0 Å². The lowest BCUT2D eigenvalue weighted by molar-refractivity contribution is 0.0780. The predicted octanol–water partition coefficient (Wildman–Crippen LogP) is 1.99. The minimum absolute atomic E-state index is 0.0516. The van der Waals surface area contributed by atoms with E-state index in [0.717, 1.165) is 10.9 Å². The number of rotatable bonds is 6. The lowest BCUT2D eigenvalue weighted by atomic mass is 10.2. The first-order chi connectivity index (χ1) is 8.60. The Kier molecular flexibility index (Phi) is 6.07. The Balaban J connectivity index is 2.79. The van der Waals surface area contributed by atoms with Crippen molar-refractivity contribution in [1.82, 2.24) is 9.88 Å². The third-order valence-corrected chi connectivity index (χ3v) is 2.94. The van der Waals surface area contributed by atoms with Gasteiger partial charge >= 0.3 is 0 Å². The molecule has 1 rings (SSSR count). The first-order valence-corrected chi connectivity index (χ1v) is 6.47. The zero-order chi connectivity index (χ0) is 13.5. The number of anilines is 1. The van der Waals surface area contributed by atoms with Crippen molar-refractivity contribution in [2.45, 2.75) is 6.42 Å². The van der Waals surface area contributed by atoms with Crippen LogP contribution in [0.1, 0.15) is 16.8 Å². The number of carbonyl (C=O) groups excluding carboxylic acids is 1. The lowest BCUT2D eigenvalue weighted by Gasteiger charge is -2.18. The highest BCUT2D eigenvalue weighted by Crippen LogP contribution is 2.19. The van der Waals surface area contributed by atoms with Crippen molar-refractivity contribution < 1.29 is 9.53 Å². The van der Waals surface area contributed by atoms with E-state index in [1.165, 1.54) is 0 Å². The van der Waals surface area contributed by atoms with Crippen LogP contribution >= 0.6 is 15.9 Å². The highest BCUT2D eigenvalue weighted by molar-refractivity contribution is 9.10. The monoisotopic (exact) mass is 315 g/mol. The summed E-state index contributed by atoms with van der Waals surface area (Å²) in [4.78, 5) is 18.1. The molecule has 0 aliphatic carbocycles. The van der Waals surface area contributed by atoms with E-state index in [2.05, 4.69) is 26.2 Å². The topological polar surface area (TPSA) is 54.5 Å². The van der Waals surface area contributed by atoms with Gasteiger partial charge in [0.1, 0.15) is 5.82 Å². The first-order valence-electron chi connectivity index (χ1n) is 5.67. The number of aromatic nitrogens is 1. The van der Waals surface area contributed by atoms with E-state index in [-0.39, 0.29) is 5.91 Å². The molecule has 0 fully saturated rings. The number of ether oxygens (including phenoxy) is 1. The van der Waals surface area contributed by atoms with Gasteiger partial charge in [-0.1, -0.05) is 0 Å². The van der Waals surface area contributed by atoms with Crippen molar-refractivity contribution >= 4 is 27.7 Å². The number of methoxy groups -OCH3 is 1. The number of nitrogens with zero attached hydrogens (tertiary/aromatic N) is 2. The van der Waals surface area contributed by atoms with Gasteiger partial charge in [-0.05, 0) is 28.4 Å². The van der Waals surface area contributed by atoms with Gasteiger partial charge in [-0.15, -0.1) is 0 Å². The molecule has 18 heavy (non-hydrogen) atoms. The second-order valence-corrected chi connectivity index (χ2v) is 4.79. The number of nitrogens with one attached hydrogen (secondary N) is 1. The minimum atomic E-state index is -0.0516. The minimum Gasteiger partial charge on any atom is -0.385 e. The van der Waals surface area contributed by atoms with E-state index in [9.17, 15) is 4.79 Å². The molecule has 0 spiro atoms. The SMILES string of the molecule is CNc1ncc(Br)cc1C(=O)N(C)CCCOC. The van der Waals surface area contributed by atoms with Crippen LogP contribution in [0.4, 0.5) is 5.82 Å². The zero-order valence-electron chi connectivity index (χ0n) is 10.9. The summed E-state index contributed by atoms with van der Waals surface area (Å²) in [7, 11) is 5.18. The van der Waals surface area contributed by atoms with Gasteiger partial charge in [-0.3, -0.25) is 4.79 Å². The number of hydrogen-bond acceptors (Lipinski definition) is 4. The summed E-state index contributed by atoms with van der Waals surface area (Å²) in [5.74, 6) is 0.533. The molecule has 1 aromatic heterocycles. The van der Waals surface area contributed by atoms with Crippen LogP contribution in [0.15, 0.2) is 16.7 Å². The Bertz CT molecular complexity index is 412. The van der Waals surface area contributed by atoms with Gasteiger partial charge in [0.05, 0.1) is 5.56 Å². The van der Waals surface area contributed by atoms with Crippen molar-refractivity contribution in [1.29, 1.82) is 0 Å². The van der Waals surface area contributed by atoms with Crippen LogP contribution in [-0.2, 0) is 4.74 Å². The zero-order valence-corrected chi connectivity index (χ0v) is 12.5. The predicted molar refractivity (Wildman–Crippen MR) is 74.9 cm³/mol. The van der Waals surface area contributed by atoms with Crippen LogP contribution in [0.2, 0.25) is 0 Å². The Hall–Kier alpha value is -1.14. The number of hydrogen-bond donors (Lipinski definition) is 1. The Morgan fingerprint density at radius 2 is 2.33 bits per heavy atom. The summed E-state index contributed by atoms with van der Waals surface area (Å²) in [6.45, 7) is 1.30. The molecular weight excluding hydrogens is 298 g/mol. The summed E-state index contributed by atoms with van der Waals surface area (Å²) < 4.78 is 5.76. The van der Waals surface area contributed by atoms with Crippen molar-refractivity contribution in [2.75, 3.05) is 39.7 Å². The summed E-state index contributed by atoms with van der Waals surface area (Å²) in [6, 6.07) is 1.77. The molecule has 100 valence electrons. The first kappa shape index (κ1) is 14.9. The average molecular weight is 316 g/mol. The van der Waals surface area contributed by atoms with E-state index in [1.54, 1.807) is 38.4 Å². The molecule has 0 unspecified atom stereocenters. The van der Waals surface area contributed by atoms with Crippen LogP contribution in [0.5, 0.6) is 0 Å². The van der Waals surface area contributed by atoms with Crippen molar-refractivity contribution in [2.24, 2.45) is 0 Å². The van der Waals surface area contributed by atoms with Crippen LogP contribution in [0, 0.1) is 0 Å². The number of halogens is 1. The quantitative estimate of drug-likeness (QED) is 0.816. The number of carbonyl (C=O) groups is 1. The van der Waals surface area contributed by atoms with Gasteiger partial charge < -0.3 is 15.0 Å². The maximum atomic E-state index is 12.3.